The molecule has 3 rings (SSSR count). The summed E-state index contributed by atoms with van der Waals surface area (Å²) in [6, 6.07) is 0. The van der Waals surface area contributed by atoms with Gasteiger partial charge in [0.05, 0.1) is 6.54 Å². The monoisotopic (exact) mass is 338 g/mol. The van der Waals surface area contributed by atoms with Crippen LogP contribution in [0.1, 0.15) is 18.7 Å². The molecule has 0 bridgehead atoms. The highest BCUT2D eigenvalue weighted by Crippen LogP contribution is 2.24. The molecule has 1 fully saturated rings. The molecule has 0 amide bonds. The van der Waals surface area contributed by atoms with E-state index in [1.807, 2.05) is 0 Å². The van der Waals surface area contributed by atoms with Crippen molar-refractivity contribution in [1.29, 1.82) is 0 Å². The molecule has 0 aliphatic carbocycles. The zero-order valence-electron chi connectivity index (χ0n) is 13.5. The second-order valence-electron chi connectivity index (χ2n) is 5.85. The first-order valence-electron chi connectivity index (χ1n) is 7.98. The Hall–Kier alpha value is -2.16. The first-order valence-corrected chi connectivity index (χ1v) is 7.98. The van der Waals surface area contributed by atoms with E-state index in [4.69, 9.17) is 4.52 Å². The quantitative estimate of drug-likeness (QED) is 0.864. The number of anilines is 1. The molecule has 1 saturated heterocycles. The molecule has 7 nitrogen and oxygen atoms in total. The number of hydrogen-bond acceptors (Lipinski definition) is 7. The van der Waals surface area contributed by atoms with E-state index < -0.39 is 6.43 Å². The van der Waals surface area contributed by atoms with E-state index in [1.54, 1.807) is 24.3 Å². The number of nitrogens with zero attached hydrogens (tertiary/aromatic N) is 5. The van der Waals surface area contributed by atoms with E-state index in [-0.39, 0.29) is 6.54 Å². The van der Waals surface area contributed by atoms with Crippen LogP contribution in [0.25, 0.3) is 11.5 Å². The molecule has 0 unspecified atom stereocenters. The number of rotatable bonds is 6. The molecule has 0 radical (unpaired) electrons. The fourth-order valence-corrected chi connectivity index (χ4v) is 2.93. The van der Waals surface area contributed by atoms with Gasteiger partial charge in [-0.05, 0) is 31.8 Å². The Morgan fingerprint density at radius 2 is 2.04 bits per heavy atom. The van der Waals surface area contributed by atoms with Crippen molar-refractivity contribution < 1.29 is 13.3 Å². The smallest absolute Gasteiger partial charge is 0.251 e. The van der Waals surface area contributed by atoms with Gasteiger partial charge in [-0.15, -0.1) is 0 Å². The van der Waals surface area contributed by atoms with Crippen molar-refractivity contribution in [1.82, 2.24) is 25.0 Å². The normalized spacial score (nSPS) is 16.7. The van der Waals surface area contributed by atoms with Gasteiger partial charge in [0.2, 0.25) is 11.7 Å². The first-order chi connectivity index (χ1) is 11.7. The maximum atomic E-state index is 12.4. The van der Waals surface area contributed by atoms with Crippen molar-refractivity contribution in [2.75, 3.05) is 32.0 Å². The summed E-state index contributed by atoms with van der Waals surface area (Å²) >= 11 is 0. The lowest BCUT2D eigenvalue weighted by Gasteiger charge is -2.30. The number of halogens is 2. The summed E-state index contributed by atoms with van der Waals surface area (Å²) in [7, 11) is 1.75. The predicted octanol–water partition coefficient (Wildman–Crippen LogP) is 2.09. The maximum absolute atomic E-state index is 12.4. The van der Waals surface area contributed by atoms with E-state index in [1.165, 1.54) is 0 Å². The van der Waals surface area contributed by atoms with Crippen molar-refractivity contribution in [2.24, 2.45) is 5.92 Å². The molecule has 0 atom stereocenters. The van der Waals surface area contributed by atoms with Crippen LogP contribution in [0.3, 0.4) is 0 Å². The van der Waals surface area contributed by atoms with Gasteiger partial charge in [-0.3, -0.25) is 4.90 Å². The molecule has 1 N–H and O–H groups in total. The zero-order valence-corrected chi connectivity index (χ0v) is 13.5. The van der Waals surface area contributed by atoms with Gasteiger partial charge in [-0.25, -0.2) is 18.7 Å². The van der Waals surface area contributed by atoms with Crippen LogP contribution in [0.15, 0.2) is 16.9 Å². The van der Waals surface area contributed by atoms with E-state index in [9.17, 15) is 8.78 Å². The Morgan fingerprint density at radius 1 is 1.29 bits per heavy atom. The summed E-state index contributed by atoms with van der Waals surface area (Å²) in [4.78, 5) is 14.6. The minimum Gasteiger partial charge on any atom is -0.371 e. The third-order valence-electron chi connectivity index (χ3n) is 4.18. The number of likely N-dealkylation sites (tertiary alicyclic amines) is 1. The van der Waals surface area contributed by atoms with Gasteiger partial charge >= 0.3 is 0 Å². The van der Waals surface area contributed by atoms with Gasteiger partial charge in [0, 0.05) is 25.9 Å². The van der Waals surface area contributed by atoms with Crippen molar-refractivity contribution in [3.63, 3.8) is 0 Å². The number of nitrogens with one attached hydrogen (secondary N) is 1. The highest BCUT2D eigenvalue weighted by Gasteiger charge is 2.24. The SMILES string of the molecule is CNc1nccnc1-c1noc(CC2CCN(CC(F)F)CC2)n1. The Morgan fingerprint density at radius 3 is 2.75 bits per heavy atom. The van der Waals surface area contributed by atoms with Crippen LogP contribution >= 0.6 is 0 Å². The van der Waals surface area contributed by atoms with Gasteiger partial charge < -0.3 is 9.84 Å². The maximum Gasteiger partial charge on any atom is 0.251 e. The van der Waals surface area contributed by atoms with Crippen LogP contribution in [0.2, 0.25) is 0 Å². The summed E-state index contributed by atoms with van der Waals surface area (Å²) < 4.78 is 30.1. The standard InChI is InChI=1S/C15H20F2N6O/c1-18-14-13(19-4-5-20-14)15-21-12(24-22-15)8-10-2-6-23(7-3-10)9-11(16)17/h4-5,10-11H,2-3,6-9H2,1H3,(H,18,20). The fourth-order valence-electron chi connectivity index (χ4n) is 2.93. The highest BCUT2D eigenvalue weighted by molar-refractivity contribution is 5.64. The summed E-state index contributed by atoms with van der Waals surface area (Å²) in [5, 5.41) is 6.92. The molecule has 2 aromatic rings. The molecular weight excluding hydrogens is 318 g/mol. The number of piperidine rings is 1. The molecule has 0 saturated carbocycles. The van der Waals surface area contributed by atoms with E-state index >= 15 is 0 Å². The molecular formula is C15H20F2N6O. The molecule has 3 heterocycles. The number of alkyl halides is 2. The fraction of sp³-hybridized carbons (Fsp3) is 0.600. The topological polar surface area (TPSA) is 80.0 Å². The second kappa shape index (κ2) is 7.61. The van der Waals surface area contributed by atoms with Crippen LogP contribution in [-0.2, 0) is 6.42 Å². The van der Waals surface area contributed by atoms with E-state index in [2.05, 4.69) is 25.4 Å². The molecule has 130 valence electrons. The van der Waals surface area contributed by atoms with Crippen molar-refractivity contribution >= 4 is 5.82 Å². The largest absolute Gasteiger partial charge is 0.371 e. The molecule has 1 aliphatic heterocycles. The minimum absolute atomic E-state index is 0.142. The lowest BCUT2D eigenvalue weighted by atomic mass is 9.93. The lowest BCUT2D eigenvalue weighted by Crippen LogP contribution is -2.37. The Labute approximate surface area is 138 Å². The summed E-state index contributed by atoms with van der Waals surface area (Å²) in [6.07, 6.45) is 3.27. The van der Waals surface area contributed by atoms with Crippen LogP contribution in [-0.4, -0.2) is 58.1 Å². The molecule has 24 heavy (non-hydrogen) atoms. The average molecular weight is 338 g/mol. The van der Waals surface area contributed by atoms with Gasteiger partial charge in [-0.1, -0.05) is 5.16 Å². The van der Waals surface area contributed by atoms with Crippen molar-refractivity contribution in [2.45, 2.75) is 25.7 Å². The molecule has 2 aromatic heterocycles. The van der Waals surface area contributed by atoms with Gasteiger partial charge in [-0.2, -0.15) is 4.98 Å². The van der Waals surface area contributed by atoms with Crippen LogP contribution in [0, 0.1) is 5.92 Å². The minimum atomic E-state index is -2.27. The average Bonchev–Trinajstić information content (AvgIpc) is 3.04. The molecule has 0 aromatic carbocycles. The van der Waals surface area contributed by atoms with Crippen molar-refractivity contribution in [3.8, 4) is 11.5 Å². The predicted molar refractivity (Wildman–Crippen MR) is 83.7 cm³/mol. The van der Waals surface area contributed by atoms with Crippen LogP contribution < -0.4 is 5.32 Å². The van der Waals surface area contributed by atoms with Gasteiger partial charge in [0.1, 0.15) is 0 Å². The van der Waals surface area contributed by atoms with Gasteiger partial charge in [0.25, 0.3) is 6.43 Å². The highest BCUT2D eigenvalue weighted by atomic mass is 19.3. The van der Waals surface area contributed by atoms with Crippen LogP contribution in [0.5, 0.6) is 0 Å². The lowest BCUT2D eigenvalue weighted by molar-refractivity contribution is 0.0681. The first kappa shape index (κ1) is 16.7. The number of aromatic nitrogens is 4. The van der Waals surface area contributed by atoms with E-state index in [0.717, 1.165) is 12.8 Å². The Balaban J connectivity index is 1.59. The molecule has 9 heteroatoms. The third-order valence-corrected chi connectivity index (χ3v) is 4.18. The zero-order chi connectivity index (χ0) is 16.9. The van der Waals surface area contributed by atoms with Crippen LogP contribution in [0.4, 0.5) is 14.6 Å². The number of hydrogen-bond donors (Lipinski definition) is 1. The second-order valence-corrected chi connectivity index (χ2v) is 5.85. The van der Waals surface area contributed by atoms with Crippen molar-refractivity contribution in [3.05, 3.63) is 18.3 Å². The summed E-state index contributed by atoms with van der Waals surface area (Å²) in [5.74, 6) is 1.91. The Kier molecular flexibility index (Phi) is 5.29. The third kappa shape index (κ3) is 4.02. The molecule has 0 spiro atoms. The Bertz CT molecular complexity index is 657. The molecule has 1 aliphatic rings. The van der Waals surface area contributed by atoms with E-state index in [0.29, 0.717) is 48.7 Å². The van der Waals surface area contributed by atoms with Gasteiger partial charge in [0.15, 0.2) is 11.5 Å². The summed E-state index contributed by atoms with van der Waals surface area (Å²) in [5.41, 5.74) is 0.543. The summed E-state index contributed by atoms with van der Waals surface area (Å²) in [6.45, 7) is 1.23.